The molecule has 2 saturated carbocycles. The van der Waals surface area contributed by atoms with Crippen molar-refractivity contribution in [3.63, 3.8) is 0 Å². The molecule has 5 aliphatic rings. The van der Waals surface area contributed by atoms with Crippen molar-refractivity contribution in [2.45, 2.75) is 156 Å². The third-order valence-corrected chi connectivity index (χ3v) is 12.7. The average molecular weight is 797 g/mol. The van der Waals surface area contributed by atoms with Crippen molar-refractivity contribution in [2.75, 3.05) is 59.5 Å². The number of ether oxygens (including phenoxy) is 6. The predicted molar refractivity (Wildman–Crippen MR) is 218 cm³/mol. The Morgan fingerprint density at radius 2 is 1.21 bits per heavy atom. The Balaban J connectivity index is 0.000000335. The molecule has 14 heteroatoms. The molecule has 0 amide bonds. The number of hydrogen-bond acceptors (Lipinski definition) is 10. The van der Waals surface area contributed by atoms with E-state index in [1.54, 1.807) is 0 Å². The summed E-state index contributed by atoms with van der Waals surface area (Å²) in [5.74, 6) is 0.552. The summed E-state index contributed by atoms with van der Waals surface area (Å²) in [6, 6.07) is 0. The number of carbonyl (C=O) groups excluding carboxylic acids is 1. The number of esters is 1. The molecule has 1 saturated heterocycles. The van der Waals surface area contributed by atoms with Crippen LogP contribution in [0.1, 0.15) is 164 Å². The van der Waals surface area contributed by atoms with E-state index in [2.05, 4.69) is 37.9 Å². The van der Waals surface area contributed by atoms with Gasteiger partial charge in [0.25, 0.3) is 0 Å². The minimum absolute atomic E-state index is 0. The fraction of sp³-hybridized carbons (Fsp3) is 0.833. The molecule has 56 heavy (non-hydrogen) atoms. The van der Waals surface area contributed by atoms with E-state index < -0.39 is 0 Å². The van der Waals surface area contributed by atoms with Gasteiger partial charge in [0.15, 0.2) is 23.1 Å². The zero-order valence-corrected chi connectivity index (χ0v) is 35.1. The summed E-state index contributed by atoms with van der Waals surface area (Å²) in [5, 5.41) is 18.9. The Morgan fingerprint density at radius 1 is 0.732 bits per heavy atom. The van der Waals surface area contributed by atoms with Crippen LogP contribution in [-0.4, -0.2) is 107 Å². The Morgan fingerprint density at radius 3 is 1.64 bits per heavy atom. The molecule has 314 valence electrons. The number of aliphatic hydroxyl groups excluding tert-OH is 1. The summed E-state index contributed by atoms with van der Waals surface area (Å²) >= 11 is 0. The van der Waals surface area contributed by atoms with E-state index in [9.17, 15) is 9.90 Å². The maximum Gasteiger partial charge on any atom is 1.00 e. The van der Waals surface area contributed by atoms with E-state index >= 15 is 0 Å². The van der Waals surface area contributed by atoms with Crippen LogP contribution < -0.4 is 18.9 Å². The number of hydrogen-bond donors (Lipinski definition) is 1. The minimum atomic E-state index is -0.300. The zero-order valence-electron chi connectivity index (χ0n) is 36.1. The molecule has 2 aliphatic carbocycles. The molecular formula is C42H74AlLiN4O8. The van der Waals surface area contributed by atoms with E-state index in [1.807, 2.05) is 16.3 Å². The van der Waals surface area contributed by atoms with Gasteiger partial charge in [0.2, 0.25) is 0 Å². The fourth-order valence-electron chi connectivity index (χ4n) is 9.14. The first-order chi connectivity index (χ1) is 26.4. The Kier molecular flexibility index (Phi) is 21.7. The standard InChI is InChI=1S/C20H32N2O4.C18H30N2O3.C4H8O.Al.Li.4H/c1-4-20(14-24-5-2)9-7-15(8-10-20)17-16-13-25-12-11-22(16)21-18(17)19(23)26-6-3;1-3-18(13-22-4-2)7-5-14(6-8-18)17-15(11-21)19-20-9-10-23-12-16(17)20;1-2-4-5-3-1;;;;;;/h15H,4-14H2,1-3H3;14,21H,3-13H2,1-2H3;1-4H2;;;;;;/q;;;;+1;;;;-1. The summed E-state index contributed by atoms with van der Waals surface area (Å²) in [6.45, 7) is 20.3. The van der Waals surface area contributed by atoms with Gasteiger partial charge in [-0.2, -0.15) is 10.2 Å². The van der Waals surface area contributed by atoms with Crippen molar-refractivity contribution < 1.29 is 58.6 Å². The molecule has 5 heterocycles. The predicted octanol–water partition coefficient (Wildman–Crippen LogP) is 3.41. The monoisotopic (exact) mass is 797 g/mol. The van der Waals surface area contributed by atoms with Crippen LogP contribution in [0.25, 0.3) is 0 Å². The maximum absolute atomic E-state index is 12.5. The third kappa shape index (κ3) is 12.4. The van der Waals surface area contributed by atoms with Gasteiger partial charge in [-0.25, -0.2) is 4.79 Å². The van der Waals surface area contributed by atoms with E-state index in [0.717, 1.165) is 115 Å². The maximum atomic E-state index is 12.5. The smallest absolute Gasteiger partial charge is 1.00 e. The van der Waals surface area contributed by atoms with Gasteiger partial charge in [0.05, 0.1) is 83.0 Å². The van der Waals surface area contributed by atoms with E-state index in [4.69, 9.17) is 28.4 Å². The molecule has 1 N–H and O–H groups in total. The molecule has 0 radical (unpaired) electrons. The number of aliphatic hydroxyl groups is 1. The second-order valence-corrected chi connectivity index (χ2v) is 15.8. The van der Waals surface area contributed by atoms with Gasteiger partial charge in [0.1, 0.15) is 0 Å². The Labute approximate surface area is 360 Å². The van der Waals surface area contributed by atoms with Gasteiger partial charge in [-0.3, -0.25) is 9.36 Å². The first kappa shape index (κ1) is 49.1. The molecular weight excluding hydrogens is 722 g/mol. The minimum Gasteiger partial charge on any atom is -1.00 e. The molecule has 0 unspecified atom stereocenters. The first-order valence-corrected chi connectivity index (χ1v) is 21.2. The molecule has 3 aliphatic heterocycles. The van der Waals surface area contributed by atoms with Crippen molar-refractivity contribution in [2.24, 2.45) is 10.8 Å². The second kappa shape index (κ2) is 24.8. The van der Waals surface area contributed by atoms with Crippen molar-refractivity contribution in [1.82, 2.24) is 19.6 Å². The number of aromatic nitrogens is 4. The van der Waals surface area contributed by atoms with Crippen LogP contribution >= 0.6 is 0 Å². The molecule has 12 nitrogen and oxygen atoms in total. The van der Waals surface area contributed by atoms with Crippen LogP contribution in [0.3, 0.4) is 0 Å². The van der Waals surface area contributed by atoms with Crippen LogP contribution in [0.4, 0.5) is 0 Å². The van der Waals surface area contributed by atoms with Gasteiger partial charge in [-0.1, -0.05) is 13.8 Å². The first-order valence-electron chi connectivity index (χ1n) is 21.2. The number of fused-ring (bicyclic) bond motifs is 2. The number of rotatable bonds is 13. The van der Waals surface area contributed by atoms with Gasteiger partial charge >= 0.3 is 24.8 Å². The van der Waals surface area contributed by atoms with Crippen LogP contribution in [0.15, 0.2) is 0 Å². The van der Waals surface area contributed by atoms with Crippen molar-refractivity contribution in [1.29, 1.82) is 0 Å². The van der Waals surface area contributed by atoms with Crippen molar-refractivity contribution in [3.05, 3.63) is 33.9 Å². The molecule has 2 aromatic heterocycles. The van der Waals surface area contributed by atoms with Crippen molar-refractivity contribution >= 4 is 23.3 Å². The topological polar surface area (TPSA) is 128 Å². The summed E-state index contributed by atoms with van der Waals surface area (Å²) in [6.07, 6.45) is 14.0. The Hall–Kier alpha value is -1.22. The Bertz CT molecular complexity index is 1430. The molecule has 3 fully saturated rings. The largest absolute Gasteiger partial charge is 1.00 e. The second-order valence-electron chi connectivity index (χ2n) is 15.8. The fourth-order valence-corrected chi connectivity index (χ4v) is 9.14. The van der Waals surface area contributed by atoms with Gasteiger partial charge in [-0.15, -0.1) is 0 Å². The molecule has 0 spiro atoms. The van der Waals surface area contributed by atoms with E-state index in [1.165, 1.54) is 43.4 Å². The van der Waals surface area contributed by atoms with Crippen LogP contribution in [0.2, 0.25) is 0 Å². The average Bonchev–Trinajstić information content (AvgIpc) is 4.01. The van der Waals surface area contributed by atoms with E-state index in [-0.39, 0.29) is 55.6 Å². The molecule has 2 aromatic rings. The summed E-state index contributed by atoms with van der Waals surface area (Å²) in [4.78, 5) is 12.5. The van der Waals surface area contributed by atoms with Crippen LogP contribution in [0, 0.1) is 10.8 Å². The van der Waals surface area contributed by atoms with Gasteiger partial charge < -0.3 is 35.0 Å². The number of carbonyl (C=O) groups is 1. The number of nitrogens with zero attached hydrogens (tertiary/aromatic N) is 4. The molecule has 0 atom stereocenters. The van der Waals surface area contributed by atoms with Crippen LogP contribution in [-0.2, 0) is 61.3 Å². The third-order valence-electron chi connectivity index (χ3n) is 12.7. The zero-order chi connectivity index (χ0) is 38.4. The van der Waals surface area contributed by atoms with Gasteiger partial charge in [0, 0.05) is 37.6 Å². The summed E-state index contributed by atoms with van der Waals surface area (Å²) in [5.41, 5.74) is 6.60. The SMILES string of the molecule is C1CCOC1.CCOCC1(CC)CCC(c2c(C(=O)OCC)nn3c2COCC3)CC1.CCOCC1(CC)CCC(c2c(CO)nn3c2COCC3)CC1.[AlH3].[H-].[Li+]. The van der Waals surface area contributed by atoms with Crippen molar-refractivity contribution in [3.8, 4) is 0 Å². The van der Waals surface area contributed by atoms with Crippen LogP contribution in [0.5, 0.6) is 0 Å². The molecule has 0 bridgehead atoms. The summed E-state index contributed by atoms with van der Waals surface area (Å²) < 4.78 is 37.0. The van der Waals surface area contributed by atoms with E-state index in [0.29, 0.717) is 55.9 Å². The molecule has 7 rings (SSSR count). The quantitative estimate of drug-likeness (QED) is 0.238. The molecule has 0 aromatic carbocycles. The summed E-state index contributed by atoms with van der Waals surface area (Å²) in [7, 11) is 0. The van der Waals surface area contributed by atoms with Gasteiger partial charge in [-0.05, 0) is 120 Å². The normalized spacial score (nSPS) is 25.5.